The van der Waals surface area contributed by atoms with Crippen LogP contribution in [0, 0.1) is 0 Å². The Hall–Kier alpha value is -1.69. The molecular formula is C10H9BrN4O. The number of halogens is 1. The van der Waals surface area contributed by atoms with Gasteiger partial charge in [0.15, 0.2) is 5.69 Å². The molecule has 1 amide bonds. The van der Waals surface area contributed by atoms with Crippen molar-refractivity contribution >= 4 is 27.5 Å². The number of nitrogens with one attached hydrogen (secondary N) is 1. The molecule has 2 rings (SSSR count). The number of hydrogen-bond acceptors (Lipinski definition) is 3. The van der Waals surface area contributed by atoms with Gasteiger partial charge in [-0.05, 0) is 28.1 Å². The Kier molecular flexibility index (Phi) is 3.00. The average molecular weight is 281 g/mol. The second kappa shape index (κ2) is 4.44. The maximum atomic E-state index is 11.7. The van der Waals surface area contributed by atoms with Crippen LogP contribution in [0.4, 0.5) is 5.69 Å². The molecule has 5 nitrogen and oxygen atoms in total. The van der Waals surface area contributed by atoms with Gasteiger partial charge in [-0.25, -0.2) is 0 Å². The molecule has 1 heterocycles. The molecule has 0 fully saturated rings. The van der Waals surface area contributed by atoms with Crippen molar-refractivity contribution in [2.45, 2.75) is 0 Å². The molecule has 0 aliphatic heterocycles. The van der Waals surface area contributed by atoms with Gasteiger partial charge in [0, 0.05) is 11.5 Å². The molecule has 82 valence electrons. The Morgan fingerprint density at radius 2 is 2.19 bits per heavy atom. The van der Waals surface area contributed by atoms with Crippen molar-refractivity contribution in [2.75, 3.05) is 5.32 Å². The van der Waals surface area contributed by atoms with E-state index in [-0.39, 0.29) is 5.91 Å². The second-order valence-corrected chi connectivity index (χ2v) is 4.01. The van der Waals surface area contributed by atoms with E-state index in [1.165, 1.54) is 11.0 Å². The van der Waals surface area contributed by atoms with Gasteiger partial charge in [-0.15, -0.1) is 5.10 Å². The van der Waals surface area contributed by atoms with E-state index in [0.717, 1.165) is 4.47 Å². The summed E-state index contributed by atoms with van der Waals surface area (Å²) < 4.78 is 0.826. The molecule has 16 heavy (non-hydrogen) atoms. The van der Waals surface area contributed by atoms with Gasteiger partial charge in [-0.1, -0.05) is 12.1 Å². The summed E-state index contributed by atoms with van der Waals surface area (Å²) in [6.45, 7) is 0. The van der Waals surface area contributed by atoms with Crippen LogP contribution in [-0.4, -0.2) is 20.9 Å². The molecule has 1 N–H and O–H groups in total. The predicted molar refractivity (Wildman–Crippen MR) is 63.1 cm³/mol. The van der Waals surface area contributed by atoms with Gasteiger partial charge in [0.1, 0.15) is 0 Å². The van der Waals surface area contributed by atoms with E-state index in [1.54, 1.807) is 13.1 Å². The molecular weight excluding hydrogens is 272 g/mol. The number of benzene rings is 1. The number of carbonyl (C=O) groups is 1. The standard InChI is InChI=1S/C10H9BrN4O/c1-15-12-6-9(14-15)10(16)13-8-5-3-2-4-7(8)11/h2-6H,1H3,(H,13,16). The molecule has 0 bridgehead atoms. The number of aromatic nitrogens is 3. The van der Waals surface area contributed by atoms with Crippen molar-refractivity contribution in [2.24, 2.45) is 7.05 Å². The summed E-state index contributed by atoms with van der Waals surface area (Å²) in [7, 11) is 1.66. The number of anilines is 1. The fraction of sp³-hybridized carbons (Fsp3) is 0.100. The van der Waals surface area contributed by atoms with E-state index in [2.05, 4.69) is 31.4 Å². The molecule has 0 spiro atoms. The topological polar surface area (TPSA) is 59.8 Å². The van der Waals surface area contributed by atoms with E-state index in [4.69, 9.17) is 0 Å². The van der Waals surface area contributed by atoms with Crippen LogP contribution in [-0.2, 0) is 7.05 Å². The molecule has 0 unspecified atom stereocenters. The van der Waals surface area contributed by atoms with Gasteiger partial charge in [0.25, 0.3) is 5.91 Å². The van der Waals surface area contributed by atoms with Crippen molar-refractivity contribution in [3.8, 4) is 0 Å². The zero-order chi connectivity index (χ0) is 11.5. The first-order chi connectivity index (χ1) is 7.66. The van der Waals surface area contributed by atoms with E-state index >= 15 is 0 Å². The lowest BCUT2D eigenvalue weighted by Gasteiger charge is -2.04. The minimum Gasteiger partial charge on any atom is -0.319 e. The summed E-state index contributed by atoms with van der Waals surface area (Å²) in [4.78, 5) is 13.1. The Bertz CT molecular complexity index is 523. The number of para-hydroxylation sites is 1. The van der Waals surface area contributed by atoms with Crippen LogP contribution >= 0.6 is 15.9 Å². The third-order valence-electron chi connectivity index (χ3n) is 1.95. The normalized spacial score (nSPS) is 10.1. The molecule has 0 radical (unpaired) electrons. The summed E-state index contributed by atoms with van der Waals surface area (Å²) in [6, 6.07) is 7.38. The van der Waals surface area contributed by atoms with Crippen LogP contribution in [0.5, 0.6) is 0 Å². The quantitative estimate of drug-likeness (QED) is 0.913. The van der Waals surface area contributed by atoms with Crippen molar-refractivity contribution in [1.82, 2.24) is 15.0 Å². The fourth-order valence-corrected chi connectivity index (χ4v) is 1.58. The first-order valence-corrected chi connectivity index (χ1v) is 5.38. The summed E-state index contributed by atoms with van der Waals surface area (Å²) in [5, 5.41) is 10.5. The minimum absolute atomic E-state index is 0.278. The Morgan fingerprint density at radius 3 is 2.81 bits per heavy atom. The number of hydrogen-bond donors (Lipinski definition) is 1. The highest BCUT2D eigenvalue weighted by Gasteiger charge is 2.10. The molecule has 6 heteroatoms. The van der Waals surface area contributed by atoms with E-state index in [1.807, 2.05) is 18.2 Å². The minimum atomic E-state index is -0.278. The van der Waals surface area contributed by atoms with Crippen LogP contribution in [0.15, 0.2) is 34.9 Å². The van der Waals surface area contributed by atoms with Gasteiger partial charge in [0.2, 0.25) is 0 Å². The second-order valence-electron chi connectivity index (χ2n) is 3.15. The van der Waals surface area contributed by atoms with Gasteiger partial charge in [0.05, 0.1) is 11.9 Å². The van der Waals surface area contributed by atoms with E-state index in [9.17, 15) is 4.79 Å². The van der Waals surface area contributed by atoms with Crippen LogP contribution in [0.2, 0.25) is 0 Å². The van der Waals surface area contributed by atoms with Gasteiger partial charge in [-0.2, -0.15) is 9.90 Å². The van der Waals surface area contributed by atoms with Gasteiger partial charge < -0.3 is 5.32 Å². The number of aryl methyl sites for hydroxylation is 1. The lowest BCUT2D eigenvalue weighted by molar-refractivity contribution is 0.102. The monoisotopic (exact) mass is 280 g/mol. The highest BCUT2D eigenvalue weighted by Crippen LogP contribution is 2.21. The van der Waals surface area contributed by atoms with E-state index < -0.39 is 0 Å². The molecule has 1 aromatic carbocycles. The number of nitrogens with zero attached hydrogens (tertiary/aromatic N) is 3. The molecule has 0 saturated carbocycles. The Labute approximate surface area is 101 Å². The van der Waals surface area contributed by atoms with Crippen LogP contribution in [0.3, 0.4) is 0 Å². The highest BCUT2D eigenvalue weighted by molar-refractivity contribution is 9.10. The van der Waals surface area contributed by atoms with E-state index in [0.29, 0.717) is 11.4 Å². The fourth-order valence-electron chi connectivity index (χ4n) is 1.20. The average Bonchev–Trinajstić information content (AvgIpc) is 2.68. The zero-order valence-electron chi connectivity index (χ0n) is 8.51. The first-order valence-electron chi connectivity index (χ1n) is 4.59. The SMILES string of the molecule is Cn1ncc(C(=O)Nc2ccccc2Br)n1. The molecule has 0 aliphatic rings. The van der Waals surface area contributed by atoms with Gasteiger partial charge >= 0.3 is 0 Å². The Morgan fingerprint density at radius 1 is 1.44 bits per heavy atom. The largest absolute Gasteiger partial charge is 0.319 e. The molecule has 1 aromatic heterocycles. The van der Waals surface area contributed by atoms with Gasteiger partial charge in [-0.3, -0.25) is 4.79 Å². The molecule has 2 aromatic rings. The Balaban J connectivity index is 2.17. The van der Waals surface area contributed by atoms with Crippen LogP contribution in [0.25, 0.3) is 0 Å². The predicted octanol–water partition coefficient (Wildman–Crippen LogP) is 1.83. The molecule has 0 atom stereocenters. The van der Waals surface area contributed by atoms with Crippen molar-refractivity contribution < 1.29 is 4.79 Å². The van der Waals surface area contributed by atoms with Crippen molar-refractivity contribution in [1.29, 1.82) is 0 Å². The zero-order valence-corrected chi connectivity index (χ0v) is 10.1. The number of rotatable bonds is 2. The highest BCUT2D eigenvalue weighted by atomic mass is 79.9. The maximum Gasteiger partial charge on any atom is 0.277 e. The van der Waals surface area contributed by atoms with Crippen molar-refractivity contribution in [3.05, 3.63) is 40.6 Å². The number of carbonyl (C=O) groups excluding carboxylic acids is 1. The summed E-state index contributed by atoms with van der Waals surface area (Å²) in [6.07, 6.45) is 1.42. The third kappa shape index (κ3) is 2.27. The first kappa shape index (κ1) is 10.8. The summed E-state index contributed by atoms with van der Waals surface area (Å²) in [5.41, 5.74) is 0.997. The smallest absolute Gasteiger partial charge is 0.277 e. The lowest BCUT2D eigenvalue weighted by atomic mass is 10.3. The summed E-state index contributed by atoms with van der Waals surface area (Å²) >= 11 is 3.35. The van der Waals surface area contributed by atoms with Crippen LogP contribution in [0.1, 0.15) is 10.5 Å². The van der Waals surface area contributed by atoms with Crippen molar-refractivity contribution in [3.63, 3.8) is 0 Å². The number of amides is 1. The molecule has 0 aliphatic carbocycles. The van der Waals surface area contributed by atoms with Crippen LogP contribution < -0.4 is 5.32 Å². The lowest BCUT2D eigenvalue weighted by Crippen LogP contribution is -2.13. The molecule has 0 saturated heterocycles. The third-order valence-corrected chi connectivity index (χ3v) is 2.65. The summed E-state index contributed by atoms with van der Waals surface area (Å²) in [5.74, 6) is -0.278. The maximum absolute atomic E-state index is 11.7.